The molecule has 1 aromatic carbocycles. The van der Waals surface area contributed by atoms with E-state index in [1.165, 1.54) is 25.0 Å². The molecular formula is C14H14ClFN2O2. The monoisotopic (exact) mass is 296 g/mol. The molecule has 0 unspecified atom stereocenters. The number of rotatable bonds is 6. The van der Waals surface area contributed by atoms with Gasteiger partial charge in [-0.25, -0.2) is 4.39 Å². The van der Waals surface area contributed by atoms with E-state index in [1.54, 1.807) is 12.1 Å². The van der Waals surface area contributed by atoms with E-state index in [9.17, 15) is 4.39 Å². The first-order valence-corrected chi connectivity index (χ1v) is 6.85. The Bertz CT molecular complexity index is 599. The van der Waals surface area contributed by atoms with Crippen molar-refractivity contribution in [2.24, 2.45) is 0 Å². The summed E-state index contributed by atoms with van der Waals surface area (Å²) >= 11 is 5.68. The Kier molecular flexibility index (Phi) is 3.89. The molecule has 0 atom stereocenters. The molecule has 106 valence electrons. The molecule has 1 heterocycles. The summed E-state index contributed by atoms with van der Waals surface area (Å²) in [5.74, 6) is 0.0906. The van der Waals surface area contributed by atoms with Gasteiger partial charge in [0, 0.05) is 18.7 Å². The topological polar surface area (TPSA) is 47.3 Å². The second kappa shape index (κ2) is 5.81. The van der Waals surface area contributed by atoms with Gasteiger partial charge in [-0.15, -0.1) is 0 Å². The minimum atomic E-state index is -0.565. The maximum Gasteiger partial charge on any atom is 0.183 e. The fraction of sp³-hybridized carbons (Fsp3) is 0.357. The first-order chi connectivity index (χ1) is 9.72. The minimum absolute atomic E-state index is 0.0365. The molecule has 0 spiro atoms. The maximum absolute atomic E-state index is 13.6. The summed E-state index contributed by atoms with van der Waals surface area (Å²) in [6.07, 6.45) is 2.45. The Morgan fingerprint density at radius 3 is 3.10 bits per heavy atom. The van der Waals surface area contributed by atoms with Crippen LogP contribution >= 0.6 is 11.6 Å². The molecule has 3 rings (SSSR count). The molecule has 1 aromatic heterocycles. The summed E-state index contributed by atoms with van der Waals surface area (Å²) in [6.45, 7) is 0.799. The molecule has 1 aliphatic rings. The third-order valence-electron chi connectivity index (χ3n) is 3.04. The maximum atomic E-state index is 13.6. The van der Waals surface area contributed by atoms with Gasteiger partial charge in [-0.05, 0) is 25.0 Å². The molecule has 4 nitrogen and oxygen atoms in total. The summed E-state index contributed by atoms with van der Waals surface area (Å²) < 4.78 is 24.1. The van der Waals surface area contributed by atoms with Crippen molar-refractivity contribution in [3.05, 3.63) is 46.6 Å². The third-order valence-corrected chi connectivity index (χ3v) is 3.33. The first kappa shape index (κ1) is 13.4. The second-order valence-electron chi connectivity index (χ2n) is 4.78. The molecule has 1 saturated carbocycles. The van der Waals surface area contributed by atoms with Gasteiger partial charge in [-0.3, -0.25) is 0 Å². The van der Waals surface area contributed by atoms with Gasteiger partial charge in [0.2, 0.25) is 0 Å². The van der Waals surface area contributed by atoms with Crippen LogP contribution in [-0.2, 0) is 13.2 Å². The zero-order valence-corrected chi connectivity index (χ0v) is 11.5. The molecule has 0 aliphatic heterocycles. The van der Waals surface area contributed by atoms with Crippen molar-refractivity contribution in [1.29, 1.82) is 0 Å². The van der Waals surface area contributed by atoms with Crippen LogP contribution in [0.3, 0.4) is 0 Å². The summed E-state index contributed by atoms with van der Waals surface area (Å²) in [5, 5.41) is 7.30. The number of halogens is 2. The number of hydrogen-bond acceptors (Lipinski definition) is 4. The van der Waals surface area contributed by atoms with Crippen LogP contribution in [0, 0.1) is 5.82 Å². The Morgan fingerprint density at radius 1 is 1.45 bits per heavy atom. The second-order valence-corrected chi connectivity index (χ2v) is 5.19. The lowest BCUT2D eigenvalue weighted by Crippen LogP contribution is -2.15. The number of benzene rings is 1. The van der Waals surface area contributed by atoms with Crippen LogP contribution in [0.1, 0.15) is 24.3 Å². The van der Waals surface area contributed by atoms with Gasteiger partial charge in [-0.2, -0.15) is 0 Å². The summed E-state index contributed by atoms with van der Waals surface area (Å²) in [5.41, 5.74) is 0.821. The fourth-order valence-corrected chi connectivity index (χ4v) is 1.95. The zero-order chi connectivity index (χ0) is 13.9. The SMILES string of the molecule is Fc1c(Cl)cccc1OCc1cc(CNC2CC2)no1. The highest BCUT2D eigenvalue weighted by Crippen LogP contribution is 2.25. The molecule has 0 radical (unpaired) electrons. The third kappa shape index (κ3) is 3.29. The van der Waals surface area contributed by atoms with Gasteiger partial charge in [-0.1, -0.05) is 22.8 Å². The predicted octanol–water partition coefficient (Wildman–Crippen LogP) is 3.30. The van der Waals surface area contributed by atoms with Crippen molar-refractivity contribution < 1.29 is 13.7 Å². The van der Waals surface area contributed by atoms with E-state index in [0.29, 0.717) is 18.3 Å². The normalized spacial score (nSPS) is 14.5. The van der Waals surface area contributed by atoms with Crippen molar-refractivity contribution in [3.63, 3.8) is 0 Å². The van der Waals surface area contributed by atoms with Crippen LogP contribution in [0.5, 0.6) is 5.75 Å². The molecule has 0 bridgehead atoms. The molecule has 20 heavy (non-hydrogen) atoms. The lowest BCUT2D eigenvalue weighted by Gasteiger charge is -2.05. The van der Waals surface area contributed by atoms with Gasteiger partial charge in [0.15, 0.2) is 17.3 Å². The van der Waals surface area contributed by atoms with Crippen LogP contribution in [0.4, 0.5) is 4.39 Å². The van der Waals surface area contributed by atoms with Crippen LogP contribution in [-0.4, -0.2) is 11.2 Å². The lowest BCUT2D eigenvalue weighted by molar-refractivity contribution is 0.239. The first-order valence-electron chi connectivity index (χ1n) is 6.47. The van der Waals surface area contributed by atoms with E-state index in [0.717, 1.165) is 5.69 Å². The molecule has 0 amide bonds. The van der Waals surface area contributed by atoms with Crippen molar-refractivity contribution in [3.8, 4) is 5.75 Å². The van der Waals surface area contributed by atoms with Gasteiger partial charge < -0.3 is 14.6 Å². The molecule has 2 aromatic rings. The average molecular weight is 297 g/mol. The largest absolute Gasteiger partial charge is 0.482 e. The predicted molar refractivity (Wildman–Crippen MR) is 72.1 cm³/mol. The van der Waals surface area contributed by atoms with Crippen LogP contribution in [0.2, 0.25) is 5.02 Å². The van der Waals surface area contributed by atoms with E-state index in [2.05, 4.69) is 10.5 Å². The Balaban J connectivity index is 1.56. The molecular weight excluding hydrogens is 283 g/mol. The van der Waals surface area contributed by atoms with E-state index >= 15 is 0 Å². The number of aromatic nitrogens is 1. The molecule has 1 fully saturated rings. The Morgan fingerprint density at radius 2 is 2.30 bits per heavy atom. The fourth-order valence-electron chi connectivity index (χ4n) is 1.79. The summed E-state index contributed by atoms with van der Waals surface area (Å²) in [4.78, 5) is 0. The van der Waals surface area contributed by atoms with Crippen LogP contribution in [0.25, 0.3) is 0 Å². The average Bonchev–Trinajstić information content (AvgIpc) is 3.17. The molecule has 1 aliphatic carbocycles. The van der Waals surface area contributed by atoms with E-state index in [-0.39, 0.29) is 17.4 Å². The van der Waals surface area contributed by atoms with E-state index < -0.39 is 5.82 Å². The summed E-state index contributed by atoms with van der Waals surface area (Å²) in [6, 6.07) is 7.05. The highest BCUT2D eigenvalue weighted by atomic mass is 35.5. The van der Waals surface area contributed by atoms with Gasteiger partial charge in [0.1, 0.15) is 6.61 Å². The number of nitrogens with zero attached hydrogens (tertiary/aromatic N) is 1. The number of ether oxygens (including phenoxy) is 1. The van der Waals surface area contributed by atoms with Gasteiger partial charge in [0.05, 0.1) is 10.7 Å². The minimum Gasteiger partial charge on any atom is -0.482 e. The Labute approximate surface area is 120 Å². The highest BCUT2D eigenvalue weighted by molar-refractivity contribution is 6.30. The lowest BCUT2D eigenvalue weighted by atomic mass is 10.3. The molecule has 6 heteroatoms. The number of nitrogens with one attached hydrogen (secondary N) is 1. The van der Waals surface area contributed by atoms with E-state index in [1.807, 2.05) is 0 Å². The Hall–Kier alpha value is -1.59. The molecule has 0 saturated heterocycles. The molecule has 1 N–H and O–H groups in total. The van der Waals surface area contributed by atoms with Crippen LogP contribution in [0.15, 0.2) is 28.8 Å². The van der Waals surface area contributed by atoms with Crippen molar-refractivity contribution in [2.45, 2.75) is 32.0 Å². The van der Waals surface area contributed by atoms with Gasteiger partial charge >= 0.3 is 0 Å². The van der Waals surface area contributed by atoms with Crippen molar-refractivity contribution >= 4 is 11.6 Å². The van der Waals surface area contributed by atoms with Gasteiger partial charge in [0.25, 0.3) is 0 Å². The number of hydrogen-bond donors (Lipinski definition) is 1. The van der Waals surface area contributed by atoms with Crippen molar-refractivity contribution in [1.82, 2.24) is 10.5 Å². The smallest absolute Gasteiger partial charge is 0.183 e. The standard InChI is InChI=1S/C14H14ClFN2O2/c15-12-2-1-3-13(14(12)16)19-8-11-6-10(18-20-11)7-17-9-4-5-9/h1-3,6,9,17H,4-5,7-8H2. The quantitative estimate of drug-likeness (QED) is 0.888. The zero-order valence-electron chi connectivity index (χ0n) is 10.7. The van der Waals surface area contributed by atoms with Crippen molar-refractivity contribution in [2.75, 3.05) is 0 Å². The van der Waals surface area contributed by atoms with E-state index in [4.69, 9.17) is 20.9 Å². The summed E-state index contributed by atoms with van der Waals surface area (Å²) in [7, 11) is 0. The highest BCUT2D eigenvalue weighted by Gasteiger charge is 2.20. The van der Waals surface area contributed by atoms with Crippen LogP contribution < -0.4 is 10.1 Å².